The number of rotatable bonds is 10. The van der Waals surface area contributed by atoms with Crippen LogP contribution < -0.4 is 10.2 Å². The molecule has 0 saturated carbocycles. The average molecular weight is 386 g/mol. The molecule has 0 aliphatic carbocycles. The highest BCUT2D eigenvalue weighted by molar-refractivity contribution is 5.65. The normalized spacial score (nSPS) is 11.1. The Bertz CT molecular complexity index is 950. The highest BCUT2D eigenvalue weighted by Gasteiger charge is 2.14. The second-order valence-electron chi connectivity index (χ2n) is 6.39. The number of hydrogen-bond donors (Lipinski definition) is 1. The monoisotopic (exact) mass is 385 g/mol. The summed E-state index contributed by atoms with van der Waals surface area (Å²) in [7, 11) is 0. The van der Waals surface area contributed by atoms with E-state index >= 15 is 0 Å². The average Bonchev–Trinajstić information content (AvgIpc) is 2.73. The molecule has 0 aliphatic heterocycles. The Balaban J connectivity index is 2.17. The van der Waals surface area contributed by atoms with Gasteiger partial charge in [0, 0.05) is 12.7 Å². The summed E-state index contributed by atoms with van der Waals surface area (Å²) in [4.78, 5) is 10.8. The van der Waals surface area contributed by atoms with E-state index in [4.69, 9.17) is 0 Å². The maximum atomic E-state index is 9.42. The van der Waals surface area contributed by atoms with Crippen molar-refractivity contribution in [2.24, 2.45) is 0 Å². The molecule has 0 amide bonds. The summed E-state index contributed by atoms with van der Waals surface area (Å²) in [6.45, 7) is 12.4. The van der Waals surface area contributed by atoms with Crippen LogP contribution in [-0.2, 0) is 0 Å². The van der Waals surface area contributed by atoms with E-state index < -0.39 is 0 Å². The van der Waals surface area contributed by atoms with Crippen LogP contribution in [0.2, 0.25) is 0 Å². The van der Waals surface area contributed by atoms with Crippen LogP contribution in [-0.4, -0.2) is 16.5 Å². The number of para-hydroxylation sites is 1. The lowest BCUT2D eigenvalue weighted by molar-refractivity contribution is 0.860. The number of aromatic nitrogens is 2. The predicted octanol–water partition coefficient (Wildman–Crippen LogP) is 5.82. The Morgan fingerprint density at radius 2 is 2.10 bits per heavy atom. The second-order valence-corrected chi connectivity index (χ2v) is 6.39. The molecule has 0 unspecified atom stereocenters. The number of aryl methyl sites for hydroxylation is 1. The van der Waals surface area contributed by atoms with Crippen molar-refractivity contribution in [2.45, 2.75) is 26.7 Å². The lowest BCUT2D eigenvalue weighted by Crippen LogP contribution is -2.15. The topological polar surface area (TPSA) is 64.8 Å². The Kier molecular flexibility index (Phi) is 8.40. The summed E-state index contributed by atoms with van der Waals surface area (Å²) in [6, 6.07) is 10.1. The van der Waals surface area contributed by atoms with Crippen molar-refractivity contribution in [1.82, 2.24) is 9.97 Å². The van der Waals surface area contributed by atoms with Gasteiger partial charge in [0.2, 0.25) is 5.95 Å². The zero-order chi connectivity index (χ0) is 21.1. The number of benzene rings is 1. The van der Waals surface area contributed by atoms with Gasteiger partial charge in [-0.05, 0) is 43.9 Å². The van der Waals surface area contributed by atoms with Gasteiger partial charge in [-0.15, -0.1) is 0 Å². The van der Waals surface area contributed by atoms with Crippen LogP contribution in [0.4, 0.5) is 17.5 Å². The fourth-order valence-electron chi connectivity index (χ4n) is 2.91. The molecule has 0 fully saturated rings. The highest BCUT2D eigenvalue weighted by Crippen LogP contribution is 2.27. The third-order valence-corrected chi connectivity index (χ3v) is 4.32. The minimum absolute atomic E-state index is 0.415. The van der Waals surface area contributed by atoms with E-state index in [2.05, 4.69) is 40.6 Å². The number of nitriles is 1. The summed E-state index contributed by atoms with van der Waals surface area (Å²) in [6.07, 6.45) is 12.9. The van der Waals surface area contributed by atoms with Crippen LogP contribution >= 0.6 is 0 Å². The molecule has 1 aromatic carbocycles. The molecule has 5 heteroatoms. The lowest BCUT2D eigenvalue weighted by atomic mass is 10.1. The van der Waals surface area contributed by atoms with Crippen molar-refractivity contribution in [1.29, 1.82) is 5.26 Å². The smallest absolute Gasteiger partial charge is 0.236 e. The first-order chi connectivity index (χ1) is 14.1. The SMILES string of the molecule is C=C/C=C(\C=C/C)CCCNc1nc(N(C=C)c2ccccc2C)ncc1C#N. The number of nitrogens with zero attached hydrogens (tertiary/aromatic N) is 4. The van der Waals surface area contributed by atoms with Gasteiger partial charge < -0.3 is 5.32 Å². The first-order valence-electron chi connectivity index (χ1n) is 9.57. The molecule has 0 bridgehead atoms. The fourth-order valence-corrected chi connectivity index (χ4v) is 2.91. The van der Waals surface area contributed by atoms with E-state index in [9.17, 15) is 5.26 Å². The maximum Gasteiger partial charge on any atom is 0.236 e. The van der Waals surface area contributed by atoms with Crippen molar-refractivity contribution in [3.05, 3.63) is 90.8 Å². The van der Waals surface area contributed by atoms with Crippen LogP contribution in [0.3, 0.4) is 0 Å². The largest absolute Gasteiger partial charge is 0.369 e. The van der Waals surface area contributed by atoms with E-state index in [0.29, 0.717) is 23.9 Å². The van der Waals surface area contributed by atoms with Gasteiger partial charge in [0.15, 0.2) is 0 Å². The van der Waals surface area contributed by atoms with Gasteiger partial charge in [0.1, 0.15) is 17.5 Å². The minimum Gasteiger partial charge on any atom is -0.369 e. The zero-order valence-electron chi connectivity index (χ0n) is 17.1. The predicted molar refractivity (Wildman–Crippen MR) is 121 cm³/mol. The molecule has 0 saturated heterocycles. The minimum atomic E-state index is 0.415. The van der Waals surface area contributed by atoms with Crippen molar-refractivity contribution in [3.63, 3.8) is 0 Å². The van der Waals surface area contributed by atoms with E-state index in [1.807, 2.05) is 55.2 Å². The third kappa shape index (κ3) is 5.91. The second kappa shape index (κ2) is 11.3. The van der Waals surface area contributed by atoms with Crippen LogP contribution in [0.1, 0.15) is 30.9 Å². The van der Waals surface area contributed by atoms with Crippen LogP contribution in [0.25, 0.3) is 0 Å². The van der Waals surface area contributed by atoms with Gasteiger partial charge in [-0.25, -0.2) is 4.98 Å². The van der Waals surface area contributed by atoms with Gasteiger partial charge in [-0.1, -0.05) is 55.7 Å². The summed E-state index contributed by atoms with van der Waals surface area (Å²) in [5.41, 5.74) is 3.66. The lowest BCUT2D eigenvalue weighted by Gasteiger charge is -2.21. The fraction of sp³-hybridized carbons (Fsp3) is 0.208. The van der Waals surface area contributed by atoms with E-state index in [-0.39, 0.29) is 0 Å². The maximum absolute atomic E-state index is 9.42. The first kappa shape index (κ1) is 21.6. The summed E-state index contributed by atoms with van der Waals surface area (Å²) in [5.74, 6) is 0.996. The molecule has 1 N–H and O–H groups in total. The molecule has 2 rings (SSSR count). The van der Waals surface area contributed by atoms with Crippen LogP contribution in [0.15, 0.2) is 79.7 Å². The molecule has 0 radical (unpaired) electrons. The van der Waals surface area contributed by atoms with Gasteiger partial charge in [0.25, 0.3) is 0 Å². The standard InChI is InChI=1S/C24H27N5/c1-5-11-20(12-6-2)14-10-16-26-23-21(17-25)18-27-24(28-23)29(7-3)22-15-9-8-13-19(22)4/h5-9,11-13,15,18H,1,3,10,14,16H2,2,4H3,(H,26,27,28)/b12-6-,20-11+. The van der Waals surface area contributed by atoms with Crippen molar-refractivity contribution < 1.29 is 0 Å². The number of allylic oxidation sites excluding steroid dienone is 5. The molecule has 148 valence electrons. The zero-order valence-corrected chi connectivity index (χ0v) is 17.1. The molecule has 0 spiro atoms. The molecule has 5 nitrogen and oxygen atoms in total. The number of hydrogen-bond acceptors (Lipinski definition) is 5. The first-order valence-corrected chi connectivity index (χ1v) is 9.57. The molecule has 2 aromatic rings. The van der Waals surface area contributed by atoms with Crippen molar-refractivity contribution in [2.75, 3.05) is 16.8 Å². The summed E-state index contributed by atoms with van der Waals surface area (Å²) < 4.78 is 0. The van der Waals surface area contributed by atoms with Crippen molar-refractivity contribution >= 4 is 17.5 Å². The summed E-state index contributed by atoms with van der Waals surface area (Å²) >= 11 is 0. The third-order valence-electron chi connectivity index (χ3n) is 4.32. The Morgan fingerprint density at radius 1 is 1.31 bits per heavy atom. The molecule has 1 heterocycles. The molecular weight excluding hydrogens is 358 g/mol. The molecule has 0 aliphatic rings. The van der Waals surface area contributed by atoms with Gasteiger partial charge >= 0.3 is 0 Å². The van der Waals surface area contributed by atoms with Gasteiger partial charge in [-0.3, -0.25) is 4.90 Å². The Hall–Kier alpha value is -3.65. The quantitative estimate of drug-likeness (QED) is 0.412. The van der Waals surface area contributed by atoms with Crippen LogP contribution in [0, 0.1) is 18.3 Å². The molecule has 0 atom stereocenters. The molecule has 1 aromatic heterocycles. The number of anilines is 3. The Labute approximate surface area is 173 Å². The van der Waals surface area contributed by atoms with Crippen LogP contribution in [0.5, 0.6) is 0 Å². The molecular formula is C24H27N5. The molecule has 29 heavy (non-hydrogen) atoms. The van der Waals surface area contributed by atoms with Crippen molar-refractivity contribution in [3.8, 4) is 6.07 Å². The van der Waals surface area contributed by atoms with E-state index in [1.165, 1.54) is 5.57 Å². The van der Waals surface area contributed by atoms with E-state index in [1.54, 1.807) is 18.5 Å². The Morgan fingerprint density at radius 3 is 2.76 bits per heavy atom. The van der Waals surface area contributed by atoms with Gasteiger partial charge in [-0.2, -0.15) is 10.2 Å². The van der Waals surface area contributed by atoms with E-state index in [0.717, 1.165) is 24.1 Å². The summed E-state index contributed by atoms with van der Waals surface area (Å²) in [5, 5.41) is 12.7. The number of nitrogens with one attached hydrogen (secondary N) is 1. The van der Waals surface area contributed by atoms with Gasteiger partial charge in [0.05, 0.1) is 11.9 Å². The highest BCUT2D eigenvalue weighted by atomic mass is 15.3.